The third-order valence-electron chi connectivity index (χ3n) is 4.01. The standard InChI is InChI=1S/C20H17ClN4O3/c1-25(14-6-4-3-5-7-14)18-11-10-16(23-24-18)19(26)22-17-12-13(20(27)28-2)8-9-15(17)21/h3-12H,1-2H3,(H,22,26). The van der Waals surface area contributed by atoms with Crippen LogP contribution in [0.4, 0.5) is 17.2 Å². The van der Waals surface area contributed by atoms with E-state index in [1.54, 1.807) is 12.1 Å². The predicted octanol–water partition coefficient (Wildman–Crippen LogP) is 3.94. The molecule has 2 aromatic carbocycles. The molecule has 0 aliphatic carbocycles. The van der Waals surface area contributed by atoms with Gasteiger partial charge in [0.05, 0.1) is 23.4 Å². The Labute approximate surface area is 166 Å². The number of hydrogen-bond acceptors (Lipinski definition) is 6. The first-order valence-corrected chi connectivity index (χ1v) is 8.69. The van der Waals surface area contributed by atoms with Crippen LogP contribution in [0.1, 0.15) is 20.8 Å². The topological polar surface area (TPSA) is 84.4 Å². The minimum atomic E-state index is -0.528. The molecule has 0 bridgehead atoms. The third-order valence-corrected chi connectivity index (χ3v) is 4.34. The molecule has 0 aliphatic heterocycles. The third kappa shape index (κ3) is 4.27. The van der Waals surface area contributed by atoms with Crippen LogP contribution in [0.2, 0.25) is 5.02 Å². The summed E-state index contributed by atoms with van der Waals surface area (Å²) in [6, 6.07) is 17.4. The Morgan fingerprint density at radius 1 is 1.04 bits per heavy atom. The Kier molecular flexibility index (Phi) is 5.86. The maximum absolute atomic E-state index is 12.5. The number of aromatic nitrogens is 2. The Bertz CT molecular complexity index is 994. The zero-order valence-corrected chi connectivity index (χ0v) is 16.0. The van der Waals surface area contributed by atoms with Gasteiger partial charge in [0.2, 0.25) is 0 Å². The van der Waals surface area contributed by atoms with Crippen molar-refractivity contribution < 1.29 is 14.3 Å². The number of anilines is 3. The first-order chi connectivity index (χ1) is 13.5. The first kappa shape index (κ1) is 19.3. The lowest BCUT2D eigenvalue weighted by Gasteiger charge is -2.17. The van der Waals surface area contributed by atoms with Crippen molar-refractivity contribution in [1.82, 2.24) is 10.2 Å². The van der Waals surface area contributed by atoms with Crippen molar-refractivity contribution in [1.29, 1.82) is 0 Å². The molecule has 0 fully saturated rings. The van der Waals surface area contributed by atoms with Gasteiger partial charge in [0, 0.05) is 12.7 Å². The lowest BCUT2D eigenvalue weighted by molar-refractivity contribution is 0.0600. The maximum atomic E-state index is 12.5. The van der Waals surface area contributed by atoms with Gasteiger partial charge in [0.25, 0.3) is 5.91 Å². The lowest BCUT2D eigenvalue weighted by Crippen LogP contribution is -2.17. The fraction of sp³-hybridized carbons (Fsp3) is 0.100. The number of methoxy groups -OCH3 is 1. The second kappa shape index (κ2) is 8.49. The van der Waals surface area contributed by atoms with Gasteiger partial charge in [-0.05, 0) is 42.5 Å². The molecule has 3 rings (SSSR count). The highest BCUT2D eigenvalue weighted by atomic mass is 35.5. The maximum Gasteiger partial charge on any atom is 0.337 e. The van der Waals surface area contributed by atoms with E-state index in [4.69, 9.17) is 11.6 Å². The number of carbonyl (C=O) groups is 2. The summed E-state index contributed by atoms with van der Waals surface area (Å²) in [4.78, 5) is 26.0. The van der Waals surface area contributed by atoms with E-state index in [1.165, 1.54) is 25.3 Å². The summed E-state index contributed by atoms with van der Waals surface area (Å²) in [5, 5.41) is 11.0. The fourth-order valence-electron chi connectivity index (χ4n) is 2.46. The molecule has 7 nitrogen and oxygen atoms in total. The average molecular weight is 397 g/mol. The van der Waals surface area contributed by atoms with E-state index in [0.29, 0.717) is 5.82 Å². The summed E-state index contributed by atoms with van der Waals surface area (Å²) < 4.78 is 4.67. The molecule has 0 aliphatic rings. The SMILES string of the molecule is COC(=O)c1ccc(Cl)c(NC(=O)c2ccc(N(C)c3ccccc3)nn2)c1. The number of para-hydroxylation sites is 1. The molecule has 1 N–H and O–H groups in total. The molecule has 0 saturated heterocycles. The van der Waals surface area contributed by atoms with E-state index in [1.807, 2.05) is 42.3 Å². The first-order valence-electron chi connectivity index (χ1n) is 8.31. The highest BCUT2D eigenvalue weighted by molar-refractivity contribution is 6.34. The number of halogens is 1. The second-order valence-corrected chi connectivity index (χ2v) is 6.22. The van der Waals surface area contributed by atoms with Crippen LogP contribution < -0.4 is 10.2 Å². The molecule has 0 spiro atoms. The smallest absolute Gasteiger partial charge is 0.337 e. The number of esters is 1. The molecule has 142 valence electrons. The van der Waals surface area contributed by atoms with Gasteiger partial charge in [0.1, 0.15) is 0 Å². The van der Waals surface area contributed by atoms with Crippen LogP contribution in [0.15, 0.2) is 60.7 Å². The largest absolute Gasteiger partial charge is 0.465 e. The van der Waals surface area contributed by atoms with Crippen LogP contribution in [0.5, 0.6) is 0 Å². The van der Waals surface area contributed by atoms with Gasteiger partial charge in [-0.2, -0.15) is 0 Å². The summed E-state index contributed by atoms with van der Waals surface area (Å²) in [5.74, 6) is -0.431. The number of ether oxygens (including phenoxy) is 1. The van der Waals surface area contributed by atoms with E-state index in [-0.39, 0.29) is 22.0 Å². The molecule has 1 heterocycles. The minimum absolute atomic E-state index is 0.116. The summed E-state index contributed by atoms with van der Waals surface area (Å²) in [6.07, 6.45) is 0. The summed E-state index contributed by atoms with van der Waals surface area (Å²) in [6.45, 7) is 0. The van der Waals surface area contributed by atoms with Crippen molar-refractivity contribution in [2.45, 2.75) is 0 Å². The van der Waals surface area contributed by atoms with Crippen LogP contribution in [0.25, 0.3) is 0 Å². The van der Waals surface area contributed by atoms with E-state index >= 15 is 0 Å². The average Bonchev–Trinajstić information content (AvgIpc) is 2.74. The second-order valence-electron chi connectivity index (χ2n) is 5.81. The Hall–Kier alpha value is -3.45. The highest BCUT2D eigenvalue weighted by Crippen LogP contribution is 2.24. The van der Waals surface area contributed by atoms with Crippen molar-refractivity contribution in [3.8, 4) is 0 Å². The van der Waals surface area contributed by atoms with Gasteiger partial charge >= 0.3 is 5.97 Å². The van der Waals surface area contributed by atoms with Crippen molar-refractivity contribution in [2.24, 2.45) is 0 Å². The molecule has 1 aromatic heterocycles. The molecule has 8 heteroatoms. The quantitative estimate of drug-likeness (QED) is 0.657. The normalized spacial score (nSPS) is 10.2. The van der Waals surface area contributed by atoms with Crippen molar-refractivity contribution in [3.63, 3.8) is 0 Å². The van der Waals surface area contributed by atoms with Crippen molar-refractivity contribution in [2.75, 3.05) is 24.4 Å². The van der Waals surface area contributed by atoms with Gasteiger partial charge in [0.15, 0.2) is 11.5 Å². The molecular weight excluding hydrogens is 380 g/mol. The molecular formula is C20H17ClN4O3. The minimum Gasteiger partial charge on any atom is -0.465 e. The van der Waals surface area contributed by atoms with Gasteiger partial charge < -0.3 is 15.0 Å². The van der Waals surface area contributed by atoms with Gasteiger partial charge in [-0.3, -0.25) is 4.79 Å². The number of hydrogen-bond donors (Lipinski definition) is 1. The van der Waals surface area contributed by atoms with E-state index < -0.39 is 11.9 Å². The number of nitrogens with zero attached hydrogens (tertiary/aromatic N) is 3. The van der Waals surface area contributed by atoms with E-state index in [0.717, 1.165) is 5.69 Å². The van der Waals surface area contributed by atoms with Crippen LogP contribution in [-0.2, 0) is 4.74 Å². The predicted molar refractivity (Wildman–Crippen MR) is 107 cm³/mol. The number of rotatable bonds is 5. The van der Waals surface area contributed by atoms with Crippen molar-refractivity contribution in [3.05, 3.63) is 76.9 Å². The van der Waals surface area contributed by atoms with E-state index in [2.05, 4.69) is 20.3 Å². The van der Waals surface area contributed by atoms with Crippen LogP contribution in [0.3, 0.4) is 0 Å². The number of carbonyl (C=O) groups excluding carboxylic acids is 2. The molecule has 0 unspecified atom stereocenters. The Morgan fingerprint density at radius 2 is 1.79 bits per heavy atom. The molecule has 0 radical (unpaired) electrons. The Balaban J connectivity index is 1.76. The molecule has 3 aromatic rings. The number of amides is 1. The summed E-state index contributed by atoms with van der Waals surface area (Å²) in [5.41, 5.74) is 1.61. The fourth-order valence-corrected chi connectivity index (χ4v) is 2.63. The molecule has 0 saturated carbocycles. The van der Waals surface area contributed by atoms with Gasteiger partial charge in [-0.25, -0.2) is 4.79 Å². The molecule has 28 heavy (non-hydrogen) atoms. The van der Waals surface area contributed by atoms with Gasteiger partial charge in [-0.15, -0.1) is 10.2 Å². The molecule has 0 atom stereocenters. The highest BCUT2D eigenvalue weighted by Gasteiger charge is 2.14. The molecule has 1 amide bonds. The summed E-state index contributed by atoms with van der Waals surface area (Å²) in [7, 11) is 3.13. The number of benzene rings is 2. The van der Waals surface area contributed by atoms with Gasteiger partial charge in [-0.1, -0.05) is 29.8 Å². The monoisotopic (exact) mass is 396 g/mol. The van der Waals surface area contributed by atoms with Crippen LogP contribution in [0, 0.1) is 0 Å². The zero-order chi connectivity index (χ0) is 20.1. The zero-order valence-electron chi connectivity index (χ0n) is 15.2. The van der Waals surface area contributed by atoms with Crippen LogP contribution in [-0.4, -0.2) is 36.2 Å². The number of nitrogens with one attached hydrogen (secondary N) is 1. The Morgan fingerprint density at radius 3 is 2.43 bits per heavy atom. The van der Waals surface area contributed by atoms with Crippen molar-refractivity contribution >= 4 is 40.7 Å². The van der Waals surface area contributed by atoms with Crippen LogP contribution >= 0.6 is 11.6 Å². The summed E-state index contributed by atoms with van der Waals surface area (Å²) >= 11 is 6.10. The lowest BCUT2D eigenvalue weighted by atomic mass is 10.2. The van der Waals surface area contributed by atoms with E-state index in [9.17, 15) is 9.59 Å².